The normalized spacial score (nSPS) is 13.4. The summed E-state index contributed by atoms with van der Waals surface area (Å²) in [5, 5.41) is 9.81. The summed E-state index contributed by atoms with van der Waals surface area (Å²) in [6.45, 7) is 3.04. The topological polar surface area (TPSA) is 72.7 Å². The van der Waals surface area contributed by atoms with Crippen LogP contribution in [0.25, 0.3) is 17.1 Å². The van der Waals surface area contributed by atoms with Crippen LogP contribution in [0.4, 0.5) is 5.69 Å². The molecule has 8 nitrogen and oxygen atoms in total. The maximum absolute atomic E-state index is 12.9. The highest BCUT2D eigenvalue weighted by atomic mass is 32.2. The zero-order valence-electron chi connectivity index (χ0n) is 22.3. The molecule has 0 aliphatic carbocycles. The van der Waals surface area contributed by atoms with E-state index in [0.717, 1.165) is 77.8 Å². The predicted octanol–water partition coefficient (Wildman–Crippen LogP) is 5.17. The van der Waals surface area contributed by atoms with Crippen molar-refractivity contribution in [2.24, 2.45) is 0 Å². The van der Waals surface area contributed by atoms with Crippen molar-refractivity contribution >= 4 is 23.4 Å². The molecule has 0 atom stereocenters. The second-order valence-corrected chi connectivity index (χ2v) is 10.3. The number of carbonyl (C=O) groups is 1. The van der Waals surface area contributed by atoms with Crippen molar-refractivity contribution in [1.29, 1.82) is 0 Å². The Labute approximate surface area is 233 Å². The van der Waals surface area contributed by atoms with Gasteiger partial charge in [0, 0.05) is 49.6 Å². The van der Waals surface area contributed by atoms with E-state index < -0.39 is 0 Å². The fourth-order valence-electron chi connectivity index (χ4n) is 4.73. The van der Waals surface area contributed by atoms with Crippen LogP contribution >= 0.6 is 11.8 Å². The molecule has 0 radical (unpaired) electrons. The Morgan fingerprint density at radius 3 is 2.28 bits per heavy atom. The van der Waals surface area contributed by atoms with Crippen molar-refractivity contribution in [1.82, 2.24) is 19.7 Å². The first-order chi connectivity index (χ1) is 19.2. The summed E-state index contributed by atoms with van der Waals surface area (Å²) < 4.78 is 12.9. The number of benzene rings is 3. The van der Waals surface area contributed by atoms with Crippen LogP contribution in [0.1, 0.15) is 12.8 Å². The van der Waals surface area contributed by atoms with Gasteiger partial charge in [-0.25, -0.2) is 0 Å². The summed E-state index contributed by atoms with van der Waals surface area (Å²) in [5.74, 6) is 3.43. The number of hydrogen-bond acceptors (Lipinski definition) is 7. The third-order valence-electron chi connectivity index (χ3n) is 6.82. The van der Waals surface area contributed by atoms with Crippen LogP contribution in [0.2, 0.25) is 0 Å². The van der Waals surface area contributed by atoms with Crippen molar-refractivity contribution in [3.63, 3.8) is 0 Å². The Hall–Kier alpha value is -3.98. The summed E-state index contributed by atoms with van der Waals surface area (Å²) in [5.41, 5.74) is 3.04. The lowest BCUT2D eigenvalue weighted by atomic mass is 10.2. The zero-order valence-corrected chi connectivity index (χ0v) is 23.1. The van der Waals surface area contributed by atoms with Crippen LogP contribution in [0.5, 0.6) is 11.5 Å². The number of amides is 1. The molecule has 1 fully saturated rings. The minimum Gasteiger partial charge on any atom is -0.497 e. The van der Waals surface area contributed by atoms with Gasteiger partial charge in [0.25, 0.3) is 0 Å². The quantitative estimate of drug-likeness (QED) is 0.202. The van der Waals surface area contributed by atoms with E-state index in [1.165, 1.54) is 0 Å². The largest absolute Gasteiger partial charge is 0.497 e. The lowest BCUT2D eigenvalue weighted by Gasteiger charge is -2.36. The van der Waals surface area contributed by atoms with Gasteiger partial charge in [-0.15, -0.1) is 10.2 Å². The van der Waals surface area contributed by atoms with Crippen LogP contribution in [-0.4, -0.2) is 71.7 Å². The van der Waals surface area contributed by atoms with E-state index in [4.69, 9.17) is 9.47 Å². The fourth-order valence-corrected chi connectivity index (χ4v) is 5.63. The monoisotopic (exact) mass is 543 g/mol. The van der Waals surface area contributed by atoms with E-state index in [1.807, 2.05) is 77.7 Å². The van der Waals surface area contributed by atoms with E-state index in [2.05, 4.69) is 25.7 Å². The van der Waals surface area contributed by atoms with Crippen molar-refractivity contribution in [3.8, 4) is 28.6 Å². The summed E-state index contributed by atoms with van der Waals surface area (Å²) >= 11 is 1.62. The second kappa shape index (κ2) is 12.7. The van der Waals surface area contributed by atoms with Gasteiger partial charge in [-0.2, -0.15) is 0 Å². The minimum atomic E-state index is 0.205. The molecule has 0 unspecified atom stereocenters. The molecule has 1 saturated heterocycles. The number of nitrogens with zero attached hydrogens (tertiary/aromatic N) is 5. The average molecular weight is 544 g/mol. The van der Waals surface area contributed by atoms with Gasteiger partial charge in [-0.3, -0.25) is 9.36 Å². The zero-order chi connectivity index (χ0) is 27.0. The number of carbonyl (C=O) groups excluding carboxylic acids is 1. The standard InChI is InChI=1S/C30H33N5O3S/c1-37-25-16-14-24(15-17-25)35-29(23-9-4-3-5-10-23)31-32-30(35)39-22-8-13-28(36)34-20-18-33(19-21-34)26-11-6-7-12-27(26)38-2/h3-7,9-12,14-17H,8,13,18-22H2,1-2H3. The Morgan fingerprint density at radius 1 is 0.846 bits per heavy atom. The Morgan fingerprint density at radius 2 is 1.56 bits per heavy atom. The molecular formula is C30H33N5O3S. The number of para-hydroxylation sites is 2. The lowest BCUT2D eigenvalue weighted by molar-refractivity contribution is -0.131. The molecule has 9 heteroatoms. The van der Waals surface area contributed by atoms with E-state index in [0.29, 0.717) is 6.42 Å². The molecule has 1 amide bonds. The Bertz CT molecular complexity index is 1370. The van der Waals surface area contributed by atoms with Gasteiger partial charge in [0.05, 0.1) is 19.9 Å². The van der Waals surface area contributed by atoms with Gasteiger partial charge < -0.3 is 19.3 Å². The molecule has 5 rings (SSSR count). The van der Waals surface area contributed by atoms with Gasteiger partial charge in [0.1, 0.15) is 11.5 Å². The van der Waals surface area contributed by atoms with Crippen molar-refractivity contribution in [3.05, 3.63) is 78.9 Å². The van der Waals surface area contributed by atoms with Gasteiger partial charge in [-0.05, 0) is 42.8 Å². The highest BCUT2D eigenvalue weighted by molar-refractivity contribution is 7.99. The molecule has 202 valence electrons. The lowest BCUT2D eigenvalue weighted by Crippen LogP contribution is -2.48. The molecule has 1 aliphatic rings. The van der Waals surface area contributed by atoms with Crippen LogP contribution in [-0.2, 0) is 4.79 Å². The molecule has 1 aromatic heterocycles. The molecule has 0 saturated carbocycles. The predicted molar refractivity (Wildman–Crippen MR) is 155 cm³/mol. The van der Waals surface area contributed by atoms with Gasteiger partial charge in [0.2, 0.25) is 5.91 Å². The molecule has 0 bridgehead atoms. The third-order valence-corrected chi connectivity index (χ3v) is 7.84. The number of methoxy groups -OCH3 is 2. The van der Waals surface area contributed by atoms with E-state index in [9.17, 15) is 4.79 Å². The smallest absolute Gasteiger partial charge is 0.222 e. The third kappa shape index (κ3) is 6.20. The summed E-state index contributed by atoms with van der Waals surface area (Å²) in [6, 6.07) is 26.0. The number of hydrogen-bond donors (Lipinski definition) is 0. The van der Waals surface area contributed by atoms with Crippen LogP contribution in [0.15, 0.2) is 84.0 Å². The number of ether oxygens (including phenoxy) is 2. The molecule has 3 aromatic carbocycles. The fraction of sp³-hybridized carbons (Fsp3) is 0.300. The molecule has 2 heterocycles. The summed E-state index contributed by atoms with van der Waals surface area (Å²) in [4.78, 5) is 17.2. The molecule has 39 heavy (non-hydrogen) atoms. The van der Waals surface area contributed by atoms with Gasteiger partial charge in [-0.1, -0.05) is 54.2 Å². The minimum absolute atomic E-state index is 0.205. The number of aromatic nitrogens is 3. The Kier molecular flexibility index (Phi) is 8.68. The summed E-state index contributed by atoms with van der Waals surface area (Å²) in [6.07, 6.45) is 1.29. The van der Waals surface area contributed by atoms with Gasteiger partial charge in [0.15, 0.2) is 11.0 Å². The summed E-state index contributed by atoms with van der Waals surface area (Å²) in [7, 11) is 3.35. The molecule has 1 aliphatic heterocycles. The SMILES string of the molecule is COc1ccc(-n2c(SCCCC(=O)N3CCN(c4ccccc4OC)CC3)nnc2-c2ccccc2)cc1. The van der Waals surface area contributed by atoms with Crippen molar-refractivity contribution in [2.45, 2.75) is 18.0 Å². The number of anilines is 1. The molecule has 0 spiro atoms. The average Bonchev–Trinajstić information content (AvgIpc) is 3.43. The highest BCUT2D eigenvalue weighted by Crippen LogP contribution is 2.30. The highest BCUT2D eigenvalue weighted by Gasteiger charge is 2.23. The second-order valence-electron chi connectivity index (χ2n) is 9.20. The first-order valence-electron chi connectivity index (χ1n) is 13.1. The van der Waals surface area contributed by atoms with E-state index in [1.54, 1.807) is 26.0 Å². The maximum atomic E-state index is 12.9. The Balaban J connectivity index is 1.18. The molecular weight excluding hydrogens is 510 g/mol. The first kappa shape index (κ1) is 26.6. The van der Waals surface area contributed by atoms with Crippen LogP contribution < -0.4 is 14.4 Å². The maximum Gasteiger partial charge on any atom is 0.222 e. The molecule has 4 aromatic rings. The number of piperazine rings is 1. The number of rotatable bonds is 10. The molecule has 0 N–H and O–H groups in total. The van der Waals surface area contributed by atoms with Crippen molar-refractivity contribution in [2.75, 3.05) is 51.1 Å². The van der Waals surface area contributed by atoms with E-state index in [-0.39, 0.29) is 5.91 Å². The first-order valence-corrected chi connectivity index (χ1v) is 14.1. The van der Waals surface area contributed by atoms with Crippen LogP contribution in [0, 0.1) is 0 Å². The van der Waals surface area contributed by atoms with Crippen LogP contribution in [0.3, 0.4) is 0 Å². The van der Waals surface area contributed by atoms with E-state index >= 15 is 0 Å². The van der Waals surface area contributed by atoms with Crippen molar-refractivity contribution < 1.29 is 14.3 Å². The number of thioether (sulfide) groups is 1. The van der Waals surface area contributed by atoms with Gasteiger partial charge >= 0.3 is 0 Å².